The van der Waals surface area contributed by atoms with Gasteiger partial charge in [-0.15, -0.1) is 11.3 Å². The summed E-state index contributed by atoms with van der Waals surface area (Å²) in [7, 11) is -3.67. The van der Waals surface area contributed by atoms with Crippen LogP contribution < -0.4 is 4.74 Å². The van der Waals surface area contributed by atoms with E-state index >= 15 is 0 Å². The van der Waals surface area contributed by atoms with Crippen LogP contribution >= 0.6 is 11.3 Å². The Bertz CT molecular complexity index is 912. The molecule has 0 saturated heterocycles. The summed E-state index contributed by atoms with van der Waals surface area (Å²) in [6, 6.07) is 10.7. The molecule has 0 N–H and O–H groups in total. The number of aryl methyl sites for hydroxylation is 1. The number of furan rings is 1. The van der Waals surface area contributed by atoms with E-state index in [1.54, 1.807) is 48.1 Å². The molecule has 0 saturated carbocycles. The number of sulfonamides is 1. The quantitative estimate of drug-likeness (QED) is 0.512. The Morgan fingerprint density at radius 2 is 2.04 bits per heavy atom. The predicted molar refractivity (Wildman–Crippen MR) is 106 cm³/mol. The zero-order valence-corrected chi connectivity index (χ0v) is 17.1. The summed E-state index contributed by atoms with van der Waals surface area (Å²) in [6.45, 7) is 5.08. The van der Waals surface area contributed by atoms with Gasteiger partial charge < -0.3 is 9.15 Å². The topological polar surface area (TPSA) is 59.8 Å². The van der Waals surface area contributed by atoms with Crippen LogP contribution in [0.2, 0.25) is 0 Å². The van der Waals surface area contributed by atoms with E-state index in [4.69, 9.17) is 9.15 Å². The molecule has 2 heterocycles. The minimum Gasteiger partial charge on any atom is -0.493 e. The Morgan fingerprint density at radius 1 is 1.19 bits per heavy atom. The summed E-state index contributed by atoms with van der Waals surface area (Å²) in [6.07, 6.45) is 4.03. The largest absolute Gasteiger partial charge is 0.493 e. The first kappa shape index (κ1) is 19.7. The molecule has 3 aromatic rings. The second kappa shape index (κ2) is 8.73. The fourth-order valence-corrected chi connectivity index (χ4v) is 4.99. The molecule has 0 aliphatic heterocycles. The van der Waals surface area contributed by atoms with Crippen molar-refractivity contribution in [1.82, 2.24) is 4.31 Å². The third-order valence-corrected chi connectivity index (χ3v) is 6.75. The SMILES string of the molecule is CCCOc1ccc(S(=O)(=O)N(Cc2ccoc2)Cc2cccs2)cc1C. The normalized spacial score (nSPS) is 11.8. The Balaban J connectivity index is 1.90. The van der Waals surface area contributed by atoms with Crippen LogP contribution in [0.15, 0.2) is 63.6 Å². The van der Waals surface area contributed by atoms with Crippen molar-refractivity contribution in [3.8, 4) is 5.75 Å². The third kappa shape index (κ3) is 4.80. The maximum Gasteiger partial charge on any atom is 0.243 e. The van der Waals surface area contributed by atoms with E-state index in [2.05, 4.69) is 0 Å². The van der Waals surface area contributed by atoms with Crippen molar-refractivity contribution in [1.29, 1.82) is 0 Å². The first-order valence-electron chi connectivity index (χ1n) is 8.77. The van der Waals surface area contributed by atoms with Gasteiger partial charge in [0.1, 0.15) is 5.75 Å². The first-order chi connectivity index (χ1) is 13.0. The molecule has 2 aromatic heterocycles. The van der Waals surface area contributed by atoms with E-state index in [-0.39, 0.29) is 11.4 Å². The van der Waals surface area contributed by atoms with Crippen LogP contribution in [0, 0.1) is 6.92 Å². The molecule has 0 aliphatic carbocycles. The van der Waals surface area contributed by atoms with Gasteiger partial charge in [0.15, 0.2) is 0 Å². The second-order valence-corrected chi connectivity index (χ2v) is 9.23. The lowest BCUT2D eigenvalue weighted by Crippen LogP contribution is -2.30. The van der Waals surface area contributed by atoms with E-state index in [9.17, 15) is 8.42 Å². The van der Waals surface area contributed by atoms with Crippen molar-refractivity contribution in [3.63, 3.8) is 0 Å². The Morgan fingerprint density at radius 3 is 2.67 bits per heavy atom. The van der Waals surface area contributed by atoms with Gasteiger partial charge in [-0.1, -0.05) is 13.0 Å². The molecule has 1 aromatic carbocycles. The summed E-state index contributed by atoms with van der Waals surface area (Å²) >= 11 is 1.54. The Labute approximate surface area is 164 Å². The van der Waals surface area contributed by atoms with Crippen LogP contribution in [0.3, 0.4) is 0 Å². The fraction of sp³-hybridized carbons (Fsp3) is 0.300. The number of ether oxygens (including phenoxy) is 1. The van der Waals surface area contributed by atoms with Crippen molar-refractivity contribution in [2.45, 2.75) is 38.3 Å². The highest BCUT2D eigenvalue weighted by Crippen LogP contribution is 2.27. The van der Waals surface area contributed by atoms with Gasteiger partial charge in [-0.2, -0.15) is 4.31 Å². The van der Waals surface area contributed by atoms with Crippen LogP contribution in [-0.2, 0) is 23.1 Å². The van der Waals surface area contributed by atoms with E-state index in [0.29, 0.717) is 13.2 Å². The number of hydrogen-bond acceptors (Lipinski definition) is 5. The van der Waals surface area contributed by atoms with Crippen molar-refractivity contribution >= 4 is 21.4 Å². The van der Waals surface area contributed by atoms with E-state index < -0.39 is 10.0 Å². The number of benzene rings is 1. The molecule has 3 rings (SSSR count). The van der Waals surface area contributed by atoms with Gasteiger partial charge in [0, 0.05) is 23.5 Å². The summed E-state index contributed by atoms with van der Waals surface area (Å²) in [5.41, 5.74) is 1.62. The summed E-state index contributed by atoms with van der Waals surface area (Å²) < 4.78 is 38.9. The molecule has 0 radical (unpaired) electrons. The lowest BCUT2D eigenvalue weighted by molar-refractivity contribution is 0.315. The predicted octanol–water partition coefficient (Wildman–Crippen LogP) is 4.83. The zero-order valence-electron chi connectivity index (χ0n) is 15.4. The van der Waals surface area contributed by atoms with E-state index in [0.717, 1.165) is 28.2 Å². The van der Waals surface area contributed by atoms with Crippen LogP contribution in [0.1, 0.15) is 29.3 Å². The summed E-state index contributed by atoms with van der Waals surface area (Å²) in [4.78, 5) is 1.26. The molecular weight excluding hydrogens is 382 g/mol. The molecule has 0 fully saturated rings. The van der Waals surface area contributed by atoms with Crippen LogP contribution in [-0.4, -0.2) is 19.3 Å². The molecule has 0 aliphatic rings. The summed E-state index contributed by atoms with van der Waals surface area (Å²) in [5.74, 6) is 0.718. The highest BCUT2D eigenvalue weighted by atomic mass is 32.2. The van der Waals surface area contributed by atoms with E-state index in [1.165, 1.54) is 4.31 Å². The number of thiophene rings is 1. The van der Waals surface area contributed by atoms with Crippen molar-refractivity contribution in [2.24, 2.45) is 0 Å². The maximum absolute atomic E-state index is 13.3. The standard InChI is InChI=1S/C20H23NO4S2/c1-3-9-25-20-7-6-19(12-16(20)2)27(22,23)21(13-17-8-10-24-15-17)14-18-5-4-11-26-18/h4-8,10-12,15H,3,9,13-14H2,1-2H3. The minimum absolute atomic E-state index is 0.254. The third-order valence-electron chi connectivity index (χ3n) is 4.10. The number of hydrogen-bond donors (Lipinski definition) is 0. The lowest BCUT2D eigenvalue weighted by atomic mass is 10.2. The lowest BCUT2D eigenvalue weighted by Gasteiger charge is -2.22. The van der Waals surface area contributed by atoms with Crippen LogP contribution in [0.4, 0.5) is 0 Å². The first-order valence-corrected chi connectivity index (χ1v) is 11.1. The van der Waals surface area contributed by atoms with Gasteiger partial charge in [-0.05, 0) is 54.6 Å². The van der Waals surface area contributed by atoms with Crippen LogP contribution in [0.5, 0.6) is 5.75 Å². The molecule has 0 unspecified atom stereocenters. The second-order valence-electron chi connectivity index (χ2n) is 6.26. The molecule has 0 spiro atoms. The molecule has 7 heteroatoms. The Kier molecular flexibility index (Phi) is 6.36. The molecular formula is C20H23NO4S2. The molecule has 27 heavy (non-hydrogen) atoms. The van der Waals surface area contributed by atoms with Gasteiger partial charge >= 0.3 is 0 Å². The fourth-order valence-electron chi connectivity index (χ4n) is 2.69. The summed E-state index contributed by atoms with van der Waals surface area (Å²) in [5, 5.41) is 1.95. The van der Waals surface area contributed by atoms with E-state index in [1.807, 2.05) is 31.4 Å². The monoisotopic (exact) mass is 405 g/mol. The van der Waals surface area contributed by atoms with Gasteiger partial charge in [0.05, 0.1) is 24.0 Å². The van der Waals surface area contributed by atoms with Gasteiger partial charge in [0.25, 0.3) is 0 Å². The highest BCUT2D eigenvalue weighted by molar-refractivity contribution is 7.89. The number of rotatable bonds is 9. The smallest absolute Gasteiger partial charge is 0.243 e. The molecule has 144 valence electrons. The molecule has 0 amide bonds. The van der Waals surface area contributed by atoms with Gasteiger partial charge in [-0.25, -0.2) is 8.42 Å². The molecule has 0 atom stereocenters. The average Bonchev–Trinajstić information content (AvgIpc) is 3.34. The average molecular weight is 406 g/mol. The molecule has 5 nitrogen and oxygen atoms in total. The van der Waals surface area contributed by atoms with Gasteiger partial charge in [-0.3, -0.25) is 0 Å². The highest BCUT2D eigenvalue weighted by Gasteiger charge is 2.26. The number of nitrogens with zero attached hydrogens (tertiary/aromatic N) is 1. The van der Waals surface area contributed by atoms with Crippen LogP contribution in [0.25, 0.3) is 0 Å². The van der Waals surface area contributed by atoms with Gasteiger partial charge in [0.2, 0.25) is 10.0 Å². The van der Waals surface area contributed by atoms with Crippen molar-refractivity contribution < 1.29 is 17.6 Å². The van der Waals surface area contributed by atoms with Crippen molar-refractivity contribution in [3.05, 3.63) is 70.3 Å². The molecule has 0 bridgehead atoms. The minimum atomic E-state index is -3.67. The maximum atomic E-state index is 13.3. The zero-order chi connectivity index (χ0) is 19.3. The Hall–Kier alpha value is -2.09. The van der Waals surface area contributed by atoms with Crippen molar-refractivity contribution in [2.75, 3.05) is 6.61 Å².